The summed E-state index contributed by atoms with van der Waals surface area (Å²) in [6, 6.07) is 7.24. The molecule has 2 heterocycles. The molecule has 1 amide bonds. The molecule has 2 N–H and O–H groups in total. The van der Waals surface area contributed by atoms with Crippen molar-refractivity contribution in [1.29, 1.82) is 0 Å². The first-order chi connectivity index (χ1) is 10.7. The number of aliphatic hydroxyl groups excluding tert-OH is 1. The summed E-state index contributed by atoms with van der Waals surface area (Å²) in [7, 11) is 1.62. The number of hydrogen-bond acceptors (Lipinski definition) is 4. The molecule has 1 atom stereocenters. The predicted octanol–water partition coefficient (Wildman–Crippen LogP) is 1.55. The zero-order valence-electron chi connectivity index (χ0n) is 13.5. The smallest absolute Gasteiger partial charge is 0.253 e. The van der Waals surface area contributed by atoms with Gasteiger partial charge < -0.3 is 20.1 Å². The van der Waals surface area contributed by atoms with E-state index in [2.05, 4.69) is 5.32 Å². The number of methoxy groups -OCH3 is 1. The van der Waals surface area contributed by atoms with E-state index in [-0.39, 0.29) is 36.3 Å². The molecule has 0 saturated carbocycles. The minimum absolute atomic E-state index is 0. The lowest BCUT2D eigenvalue weighted by molar-refractivity contribution is 0.0756. The molecule has 3 rings (SSSR count). The maximum atomic E-state index is 12.7. The van der Waals surface area contributed by atoms with Gasteiger partial charge in [0, 0.05) is 31.2 Å². The summed E-state index contributed by atoms with van der Waals surface area (Å²) in [5.74, 6) is 0.995. The summed E-state index contributed by atoms with van der Waals surface area (Å²) in [4.78, 5) is 14.6. The van der Waals surface area contributed by atoms with Crippen molar-refractivity contribution < 1.29 is 14.6 Å². The first-order valence-corrected chi connectivity index (χ1v) is 7.93. The number of rotatable bonds is 3. The molecule has 0 aliphatic carbocycles. The largest absolute Gasteiger partial charge is 0.497 e. The number of nitrogens with one attached hydrogen (secondary N) is 1. The van der Waals surface area contributed by atoms with Crippen LogP contribution in [0.15, 0.2) is 24.3 Å². The van der Waals surface area contributed by atoms with Gasteiger partial charge in [-0.3, -0.25) is 4.79 Å². The van der Waals surface area contributed by atoms with Crippen molar-refractivity contribution in [3.63, 3.8) is 0 Å². The van der Waals surface area contributed by atoms with Gasteiger partial charge in [-0.15, -0.1) is 12.4 Å². The summed E-state index contributed by atoms with van der Waals surface area (Å²) >= 11 is 0. The number of halogens is 1. The summed E-state index contributed by atoms with van der Waals surface area (Å²) in [6.07, 6.45) is 2.06. The zero-order valence-corrected chi connectivity index (χ0v) is 14.3. The molecular formula is C17H25ClN2O3. The van der Waals surface area contributed by atoms with E-state index in [1.165, 1.54) is 0 Å². The number of ether oxygens (including phenoxy) is 1. The Morgan fingerprint density at radius 1 is 1.35 bits per heavy atom. The lowest BCUT2D eigenvalue weighted by Gasteiger charge is -2.37. The minimum Gasteiger partial charge on any atom is -0.497 e. The molecule has 1 aromatic carbocycles. The van der Waals surface area contributed by atoms with Gasteiger partial charge in [0.15, 0.2) is 0 Å². The highest BCUT2D eigenvalue weighted by Crippen LogP contribution is 2.43. The highest BCUT2D eigenvalue weighted by molar-refractivity contribution is 5.94. The third kappa shape index (κ3) is 3.47. The van der Waals surface area contributed by atoms with Crippen LogP contribution in [-0.4, -0.2) is 55.8 Å². The van der Waals surface area contributed by atoms with E-state index in [0.717, 1.165) is 38.2 Å². The van der Waals surface area contributed by atoms with Crippen LogP contribution < -0.4 is 10.1 Å². The van der Waals surface area contributed by atoms with E-state index in [1.807, 2.05) is 29.2 Å². The van der Waals surface area contributed by atoms with Crippen LogP contribution in [0, 0.1) is 11.3 Å². The number of nitrogens with zero attached hydrogens (tertiary/aromatic N) is 1. The molecule has 0 bridgehead atoms. The topological polar surface area (TPSA) is 61.8 Å². The van der Waals surface area contributed by atoms with Crippen LogP contribution in [-0.2, 0) is 0 Å². The number of hydrogen-bond donors (Lipinski definition) is 2. The molecule has 2 saturated heterocycles. The maximum Gasteiger partial charge on any atom is 0.253 e. The van der Waals surface area contributed by atoms with Gasteiger partial charge in [-0.1, -0.05) is 0 Å². The normalized spacial score (nSPS) is 22.7. The van der Waals surface area contributed by atoms with Crippen LogP contribution in [0.4, 0.5) is 0 Å². The van der Waals surface area contributed by atoms with Crippen LogP contribution in [0.2, 0.25) is 0 Å². The van der Waals surface area contributed by atoms with Crippen LogP contribution in [0.25, 0.3) is 0 Å². The van der Waals surface area contributed by atoms with Gasteiger partial charge in [-0.05, 0) is 55.6 Å². The Balaban J connectivity index is 0.00000192. The molecule has 1 aromatic rings. The van der Waals surface area contributed by atoms with Crippen LogP contribution in [0.5, 0.6) is 5.75 Å². The summed E-state index contributed by atoms with van der Waals surface area (Å²) < 4.78 is 5.13. The molecule has 1 unspecified atom stereocenters. The summed E-state index contributed by atoms with van der Waals surface area (Å²) in [6.45, 7) is 3.51. The van der Waals surface area contributed by atoms with Gasteiger partial charge in [-0.2, -0.15) is 0 Å². The highest BCUT2D eigenvalue weighted by atomic mass is 35.5. The fraction of sp³-hybridized carbons (Fsp3) is 0.588. The minimum atomic E-state index is 0. The molecular weight excluding hydrogens is 316 g/mol. The average Bonchev–Trinajstić information content (AvgIpc) is 2.93. The van der Waals surface area contributed by atoms with Crippen molar-refractivity contribution >= 4 is 18.3 Å². The third-order valence-corrected chi connectivity index (χ3v) is 5.26. The maximum absolute atomic E-state index is 12.7. The first kappa shape index (κ1) is 18.0. The molecule has 128 valence electrons. The average molecular weight is 341 g/mol. The lowest BCUT2D eigenvalue weighted by Crippen LogP contribution is -2.43. The van der Waals surface area contributed by atoms with Crippen LogP contribution in [0.1, 0.15) is 23.2 Å². The van der Waals surface area contributed by atoms with E-state index in [4.69, 9.17) is 4.74 Å². The molecule has 1 spiro atoms. The van der Waals surface area contributed by atoms with E-state index in [1.54, 1.807) is 7.11 Å². The Morgan fingerprint density at radius 3 is 2.57 bits per heavy atom. The number of carbonyl (C=O) groups is 1. The third-order valence-electron chi connectivity index (χ3n) is 5.26. The van der Waals surface area contributed by atoms with Crippen molar-refractivity contribution in [3.8, 4) is 5.75 Å². The number of carbonyl (C=O) groups excluding carboxylic acids is 1. The van der Waals surface area contributed by atoms with Gasteiger partial charge in [0.2, 0.25) is 0 Å². The Labute approximate surface area is 143 Å². The predicted molar refractivity (Wildman–Crippen MR) is 91.3 cm³/mol. The van der Waals surface area contributed by atoms with Gasteiger partial charge in [0.05, 0.1) is 7.11 Å². The number of aliphatic hydroxyl groups is 1. The van der Waals surface area contributed by atoms with Crippen molar-refractivity contribution in [3.05, 3.63) is 29.8 Å². The molecule has 0 radical (unpaired) electrons. The Kier molecular flexibility index (Phi) is 5.89. The molecule has 6 heteroatoms. The van der Waals surface area contributed by atoms with Gasteiger partial charge in [0.1, 0.15) is 5.75 Å². The number of piperidine rings is 1. The fourth-order valence-corrected chi connectivity index (χ4v) is 3.85. The zero-order chi connectivity index (χ0) is 15.6. The molecule has 2 aliphatic rings. The number of benzene rings is 1. The number of likely N-dealkylation sites (tertiary alicyclic amines) is 1. The monoisotopic (exact) mass is 340 g/mol. The quantitative estimate of drug-likeness (QED) is 0.876. The van der Waals surface area contributed by atoms with Crippen molar-refractivity contribution in [1.82, 2.24) is 10.2 Å². The molecule has 23 heavy (non-hydrogen) atoms. The fourth-order valence-electron chi connectivity index (χ4n) is 3.85. The van der Waals surface area contributed by atoms with E-state index < -0.39 is 0 Å². The van der Waals surface area contributed by atoms with Gasteiger partial charge >= 0.3 is 0 Å². The second-order valence-corrected chi connectivity index (χ2v) is 6.41. The summed E-state index contributed by atoms with van der Waals surface area (Å²) in [5.41, 5.74) is 0.769. The highest BCUT2D eigenvalue weighted by Gasteiger charge is 2.47. The van der Waals surface area contributed by atoms with Gasteiger partial charge in [-0.25, -0.2) is 0 Å². The SMILES string of the molecule is COc1ccc(C(=O)N2CC(CO)C3(CCNCC3)C2)cc1.Cl. The Hall–Kier alpha value is -1.30. The molecule has 5 nitrogen and oxygen atoms in total. The first-order valence-electron chi connectivity index (χ1n) is 7.93. The van der Waals surface area contributed by atoms with Crippen LogP contribution >= 0.6 is 12.4 Å². The van der Waals surface area contributed by atoms with Crippen molar-refractivity contribution in [2.75, 3.05) is 39.9 Å². The second-order valence-electron chi connectivity index (χ2n) is 6.41. The van der Waals surface area contributed by atoms with Gasteiger partial charge in [0.25, 0.3) is 5.91 Å². The summed E-state index contributed by atoms with van der Waals surface area (Å²) in [5, 5.41) is 13.1. The lowest BCUT2D eigenvalue weighted by atomic mass is 9.71. The Bertz CT molecular complexity index is 529. The van der Waals surface area contributed by atoms with E-state index >= 15 is 0 Å². The van der Waals surface area contributed by atoms with E-state index in [9.17, 15) is 9.90 Å². The molecule has 2 aliphatic heterocycles. The van der Waals surface area contributed by atoms with Crippen molar-refractivity contribution in [2.24, 2.45) is 11.3 Å². The van der Waals surface area contributed by atoms with E-state index in [0.29, 0.717) is 12.1 Å². The second kappa shape index (κ2) is 7.51. The molecule has 0 aromatic heterocycles. The Morgan fingerprint density at radius 2 is 2.00 bits per heavy atom. The number of amides is 1. The molecule has 2 fully saturated rings. The van der Waals surface area contributed by atoms with Crippen LogP contribution in [0.3, 0.4) is 0 Å². The van der Waals surface area contributed by atoms with Crippen molar-refractivity contribution in [2.45, 2.75) is 12.8 Å². The standard InChI is InChI=1S/C17H24N2O3.ClH/c1-22-15-4-2-13(3-5-15)16(21)19-10-14(11-20)17(12-19)6-8-18-9-7-17;/h2-5,14,18,20H,6-12H2,1H3;1H.